The van der Waals surface area contributed by atoms with Crippen molar-refractivity contribution in [3.05, 3.63) is 54.1 Å². The van der Waals surface area contributed by atoms with Gasteiger partial charge in [0.15, 0.2) is 5.78 Å². The summed E-state index contributed by atoms with van der Waals surface area (Å²) in [6.07, 6.45) is 0. The van der Waals surface area contributed by atoms with Crippen LogP contribution in [0.2, 0.25) is 0 Å². The first kappa shape index (κ1) is 14.7. The van der Waals surface area contributed by atoms with Crippen molar-refractivity contribution in [2.45, 2.75) is 4.90 Å². The topological polar surface area (TPSA) is 55.4 Å². The molecule has 4 nitrogen and oxygen atoms in total. The van der Waals surface area contributed by atoms with Gasteiger partial charge in [-0.05, 0) is 30.3 Å². The van der Waals surface area contributed by atoms with E-state index in [1.807, 2.05) is 18.2 Å². The third-order valence-corrected chi connectivity index (χ3v) is 4.72. The highest BCUT2D eigenvalue weighted by Gasteiger charge is 2.33. The van der Waals surface area contributed by atoms with E-state index < -0.39 is 5.92 Å². The average molecular weight is 313 g/mol. The van der Waals surface area contributed by atoms with Crippen molar-refractivity contribution < 1.29 is 14.3 Å². The van der Waals surface area contributed by atoms with Crippen molar-refractivity contribution in [1.82, 2.24) is 0 Å². The molecule has 0 aromatic heterocycles. The minimum absolute atomic E-state index is 0.111. The zero-order chi connectivity index (χ0) is 15.5. The molecule has 0 radical (unpaired) electrons. The molecule has 1 unspecified atom stereocenters. The summed E-state index contributed by atoms with van der Waals surface area (Å²) in [7, 11) is 1.59. The van der Waals surface area contributed by atoms with Crippen LogP contribution in [0.4, 0.5) is 5.69 Å². The Morgan fingerprint density at radius 3 is 2.64 bits per heavy atom. The summed E-state index contributed by atoms with van der Waals surface area (Å²) < 4.78 is 5.08. The second-order valence-electron chi connectivity index (χ2n) is 4.94. The predicted octanol–water partition coefficient (Wildman–Crippen LogP) is 3.24. The van der Waals surface area contributed by atoms with Crippen LogP contribution >= 0.6 is 11.8 Å². The number of rotatable bonds is 3. The summed E-state index contributed by atoms with van der Waals surface area (Å²) in [6, 6.07) is 14.5. The van der Waals surface area contributed by atoms with Gasteiger partial charge in [0.05, 0.1) is 7.11 Å². The highest BCUT2D eigenvalue weighted by atomic mass is 32.2. The first-order valence-corrected chi connectivity index (χ1v) is 7.88. The summed E-state index contributed by atoms with van der Waals surface area (Å²) >= 11 is 1.54. The average Bonchev–Trinajstić information content (AvgIpc) is 2.56. The molecule has 112 valence electrons. The minimum Gasteiger partial charge on any atom is -0.497 e. The van der Waals surface area contributed by atoms with E-state index in [0.717, 1.165) is 10.6 Å². The maximum absolute atomic E-state index is 12.5. The molecule has 0 saturated heterocycles. The molecule has 3 rings (SSSR count). The molecule has 0 aliphatic carbocycles. The molecule has 2 aromatic rings. The van der Waals surface area contributed by atoms with Gasteiger partial charge >= 0.3 is 0 Å². The number of carbonyl (C=O) groups is 2. The van der Waals surface area contributed by atoms with Crippen LogP contribution in [-0.4, -0.2) is 24.6 Å². The molecular formula is C17H15NO3S. The summed E-state index contributed by atoms with van der Waals surface area (Å²) in [5, 5.41) is 2.80. The molecule has 0 fully saturated rings. The molecule has 1 aliphatic heterocycles. The molecule has 1 amide bonds. The summed E-state index contributed by atoms with van der Waals surface area (Å²) in [5.41, 5.74) is 1.29. The number of hydrogen-bond acceptors (Lipinski definition) is 4. The first-order valence-electron chi connectivity index (χ1n) is 6.90. The van der Waals surface area contributed by atoms with E-state index in [1.54, 1.807) is 49.2 Å². The van der Waals surface area contributed by atoms with Gasteiger partial charge in [-0.25, -0.2) is 0 Å². The minimum atomic E-state index is -0.651. The van der Waals surface area contributed by atoms with Gasteiger partial charge in [-0.1, -0.05) is 18.2 Å². The van der Waals surface area contributed by atoms with E-state index in [1.165, 1.54) is 0 Å². The van der Waals surface area contributed by atoms with E-state index in [4.69, 9.17) is 4.74 Å². The lowest BCUT2D eigenvalue weighted by Crippen LogP contribution is -2.34. The number of hydrogen-bond donors (Lipinski definition) is 1. The Labute approximate surface area is 132 Å². The first-order chi connectivity index (χ1) is 10.7. The van der Waals surface area contributed by atoms with Crippen molar-refractivity contribution in [1.29, 1.82) is 0 Å². The quantitative estimate of drug-likeness (QED) is 0.884. The third kappa shape index (κ3) is 2.85. The zero-order valence-electron chi connectivity index (χ0n) is 12.0. The molecule has 0 saturated carbocycles. The van der Waals surface area contributed by atoms with Crippen molar-refractivity contribution in [3.8, 4) is 5.75 Å². The van der Waals surface area contributed by atoms with Crippen molar-refractivity contribution in [3.63, 3.8) is 0 Å². The Morgan fingerprint density at radius 2 is 1.91 bits per heavy atom. The van der Waals surface area contributed by atoms with Gasteiger partial charge in [-0.2, -0.15) is 0 Å². The van der Waals surface area contributed by atoms with Gasteiger partial charge in [0.25, 0.3) is 0 Å². The van der Waals surface area contributed by atoms with E-state index >= 15 is 0 Å². The number of ether oxygens (including phenoxy) is 1. The highest BCUT2D eigenvalue weighted by Crippen LogP contribution is 2.33. The maximum atomic E-state index is 12.5. The number of amides is 1. The lowest BCUT2D eigenvalue weighted by atomic mass is 9.97. The largest absolute Gasteiger partial charge is 0.497 e. The Balaban J connectivity index is 1.74. The van der Waals surface area contributed by atoms with Crippen LogP contribution in [0.5, 0.6) is 5.75 Å². The number of fused-ring (bicyclic) bond motifs is 1. The second-order valence-corrected chi connectivity index (χ2v) is 6.00. The van der Waals surface area contributed by atoms with Crippen molar-refractivity contribution >= 4 is 29.1 Å². The third-order valence-electron chi connectivity index (χ3n) is 3.55. The molecule has 22 heavy (non-hydrogen) atoms. The number of nitrogens with one attached hydrogen (secondary N) is 1. The number of Topliss-reactive ketones (excluding diaryl/α,β-unsaturated/α-hetero) is 1. The van der Waals surface area contributed by atoms with Gasteiger partial charge in [-0.15, -0.1) is 11.8 Å². The molecule has 1 N–H and O–H groups in total. The number of benzene rings is 2. The van der Waals surface area contributed by atoms with E-state index in [-0.39, 0.29) is 11.7 Å². The van der Waals surface area contributed by atoms with Gasteiger partial charge < -0.3 is 10.1 Å². The van der Waals surface area contributed by atoms with Crippen molar-refractivity contribution in [2.75, 3.05) is 18.2 Å². The smallest absolute Gasteiger partial charge is 0.236 e. The van der Waals surface area contributed by atoms with Crippen LogP contribution in [0.25, 0.3) is 0 Å². The summed E-state index contributed by atoms with van der Waals surface area (Å²) in [4.78, 5) is 25.8. The lowest BCUT2D eigenvalue weighted by Gasteiger charge is -2.22. The summed E-state index contributed by atoms with van der Waals surface area (Å²) in [6.45, 7) is 0. The van der Waals surface area contributed by atoms with E-state index in [2.05, 4.69) is 5.32 Å². The van der Waals surface area contributed by atoms with E-state index in [0.29, 0.717) is 17.0 Å². The Morgan fingerprint density at radius 1 is 1.18 bits per heavy atom. The number of ketones is 1. The Kier molecular flexibility index (Phi) is 4.15. The molecule has 1 heterocycles. The normalized spacial score (nSPS) is 16.8. The predicted molar refractivity (Wildman–Crippen MR) is 86.6 cm³/mol. The molecule has 1 atom stereocenters. The van der Waals surface area contributed by atoms with Crippen LogP contribution in [0, 0.1) is 5.92 Å². The Hall–Kier alpha value is -2.27. The highest BCUT2D eigenvalue weighted by molar-refractivity contribution is 7.99. The monoisotopic (exact) mass is 313 g/mol. The molecule has 2 aromatic carbocycles. The fourth-order valence-electron chi connectivity index (χ4n) is 2.33. The summed E-state index contributed by atoms with van der Waals surface area (Å²) in [5.74, 6) is 0.161. The maximum Gasteiger partial charge on any atom is 0.236 e. The number of thioether (sulfide) groups is 1. The van der Waals surface area contributed by atoms with Gasteiger partial charge in [0.2, 0.25) is 5.91 Å². The number of carbonyl (C=O) groups excluding carboxylic acids is 2. The second kappa shape index (κ2) is 6.23. The number of methoxy groups -OCH3 is 1. The molecule has 0 bridgehead atoms. The Bertz CT molecular complexity index is 712. The van der Waals surface area contributed by atoms with E-state index in [9.17, 15) is 9.59 Å². The SMILES string of the molecule is COc1ccc(NC(=O)C2CSc3ccccc3C2=O)cc1. The van der Waals surface area contributed by atoms with Crippen LogP contribution < -0.4 is 10.1 Å². The van der Waals surface area contributed by atoms with Gasteiger partial charge in [-0.3, -0.25) is 9.59 Å². The zero-order valence-corrected chi connectivity index (χ0v) is 12.9. The van der Waals surface area contributed by atoms with Crippen LogP contribution in [0.3, 0.4) is 0 Å². The molecular weight excluding hydrogens is 298 g/mol. The number of anilines is 1. The van der Waals surface area contributed by atoms with Gasteiger partial charge in [0.1, 0.15) is 11.7 Å². The molecule has 5 heteroatoms. The van der Waals surface area contributed by atoms with Gasteiger partial charge in [0, 0.05) is 21.9 Å². The fourth-order valence-corrected chi connectivity index (χ4v) is 3.48. The standard InChI is InChI=1S/C17H15NO3S/c1-21-12-8-6-11(7-9-12)18-17(20)14-10-22-15-5-3-2-4-13(15)16(14)19/h2-9,14H,10H2,1H3,(H,18,20). The van der Waals surface area contributed by atoms with Crippen LogP contribution in [0.15, 0.2) is 53.4 Å². The van der Waals surface area contributed by atoms with Crippen LogP contribution in [-0.2, 0) is 4.79 Å². The van der Waals surface area contributed by atoms with Crippen molar-refractivity contribution in [2.24, 2.45) is 5.92 Å². The fraction of sp³-hybridized carbons (Fsp3) is 0.176. The van der Waals surface area contributed by atoms with Crippen LogP contribution in [0.1, 0.15) is 10.4 Å². The molecule has 1 aliphatic rings. The lowest BCUT2D eigenvalue weighted by molar-refractivity contribution is -0.118. The molecule has 0 spiro atoms.